The van der Waals surface area contributed by atoms with Gasteiger partial charge in [-0.2, -0.15) is 0 Å². The largest absolute Gasteiger partial charge is 0.496 e. The van der Waals surface area contributed by atoms with Gasteiger partial charge in [0.1, 0.15) is 11.5 Å². The van der Waals surface area contributed by atoms with Crippen LogP contribution in [0.15, 0.2) is 54.6 Å². The average molecular weight is 350 g/mol. The summed E-state index contributed by atoms with van der Waals surface area (Å²) < 4.78 is 12.4. The third-order valence-electron chi connectivity index (χ3n) is 4.18. The van der Waals surface area contributed by atoms with Crippen molar-refractivity contribution >= 4 is 37.5 Å². The molecule has 0 spiro atoms. The number of fused-ring (bicyclic) bond motifs is 2. The Kier molecular flexibility index (Phi) is 4.15. The minimum atomic E-state index is 0.615. The molecule has 0 aliphatic rings. The highest BCUT2D eigenvalue weighted by molar-refractivity contribution is 7.22. The van der Waals surface area contributed by atoms with Gasteiger partial charge in [-0.05, 0) is 18.2 Å². The summed E-state index contributed by atoms with van der Waals surface area (Å²) >= 11 is 1.65. The molecule has 25 heavy (non-hydrogen) atoms. The first kappa shape index (κ1) is 15.7. The molecule has 0 amide bonds. The van der Waals surface area contributed by atoms with E-state index in [2.05, 4.69) is 22.4 Å². The van der Waals surface area contributed by atoms with E-state index < -0.39 is 0 Å². The van der Waals surface area contributed by atoms with Gasteiger partial charge in [0, 0.05) is 22.9 Å². The molecule has 4 rings (SSSR count). The van der Waals surface area contributed by atoms with Gasteiger partial charge in [-0.15, -0.1) is 0 Å². The quantitative estimate of drug-likeness (QED) is 0.545. The second-order valence-electron chi connectivity index (χ2n) is 5.66. The lowest BCUT2D eigenvalue weighted by Crippen LogP contribution is -2.03. The Balaban J connectivity index is 1.70. The van der Waals surface area contributed by atoms with Gasteiger partial charge in [0.2, 0.25) is 0 Å². The number of methoxy groups -OCH3 is 2. The van der Waals surface area contributed by atoms with Crippen molar-refractivity contribution in [2.45, 2.75) is 6.54 Å². The minimum Gasteiger partial charge on any atom is -0.496 e. The molecule has 0 radical (unpaired) electrons. The molecular weight excluding hydrogens is 332 g/mol. The van der Waals surface area contributed by atoms with E-state index in [0.717, 1.165) is 38.5 Å². The van der Waals surface area contributed by atoms with Gasteiger partial charge in [-0.3, -0.25) is 0 Å². The van der Waals surface area contributed by atoms with E-state index in [4.69, 9.17) is 9.47 Å². The maximum Gasteiger partial charge on any atom is 0.184 e. The van der Waals surface area contributed by atoms with E-state index in [-0.39, 0.29) is 0 Å². The van der Waals surface area contributed by atoms with Gasteiger partial charge >= 0.3 is 0 Å². The van der Waals surface area contributed by atoms with Crippen molar-refractivity contribution in [2.24, 2.45) is 0 Å². The van der Waals surface area contributed by atoms with Crippen LogP contribution in [0.3, 0.4) is 0 Å². The zero-order valence-corrected chi connectivity index (χ0v) is 14.9. The number of hydrogen-bond donors (Lipinski definition) is 1. The first-order valence-electron chi connectivity index (χ1n) is 8.02. The zero-order valence-electron chi connectivity index (χ0n) is 14.1. The van der Waals surface area contributed by atoms with Crippen molar-refractivity contribution in [1.29, 1.82) is 0 Å². The van der Waals surface area contributed by atoms with Crippen LogP contribution < -0.4 is 14.8 Å². The van der Waals surface area contributed by atoms with Crippen LogP contribution in [0.25, 0.3) is 21.0 Å². The first-order valence-corrected chi connectivity index (χ1v) is 8.84. The fraction of sp³-hybridized carbons (Fsp3) is 0.150. The van der Waals surface area contributed by atoms with Crippen LogP contribution in [0.4, 0.5) is 5.13 Å². The average Bonchev–Trinajstić information content (AvgIpc) is 3.08. The fourth-order valence-electron chi connectivity index (χ4n) is 3.03. The monoisotopic (exact) mass is 350 g/mol. The summed E-state index contributed by atoms with van der Waals surface area (Å²) in [5, 5.41) is 6.41. The molecule has 4 aromatic rings. The summed E-state index contributed by atoms with van der Waals surface area (Å²) in [5.41, 5.74) is 2.05. The zero-order chi connectivity index (χ0) is 17.2. The SMILES string of the molecule is COc1cc(CNc2nc3ccccc3s2)c(OC)c2ccccc12. The van der Waals surface area contributed by atoms with E-state index in [1.807, 2.05) is 42.5 Å². The molecule has 1 aromatic heterocycles. The van der Waals surface area contributed by atoms with Crippen LogP contribution >= 0.6 is 11.3 Å². The van der Waals surface area contributed by atoms with Crippen molar-refractivity contribution in [3.63, 3.8) is 0 Å². The molecule has 0 unspecified atom stereocenters. The number of ether oxygens (including phenoxy) is 2. The Morgan fingerprint density at radius 3 is 2.48 bits per heavy atom. The molecule has 0 aliphatic carbocycles. The summed E-state index contributed by atoms with van der Waals surface area (Å²) in [6.07, 6.45) is 0. The van der Waals surface area contributed by atoms with E-state index in [1.54, 1.807) is 25.6 Å². The van der Waals surface area contributed by atoms with Gasteiger partial charge in [-0.25, -0.2) is 4.98 Å². The highest BCUT2D eigenvalue weighted by Gasteiger charge is 2.13. The lowest BCUT2D eigenvalue weighted by molar-refractivity contribution is 0.407. The van der Waals surface area contributed by atoms with E-state index in [0.29, 0.717) is 6.54 Å². The van der Waals surface area contributed by atoms with Gasteiger partial charge in [0.05, 0.1) is 24.4 Å². The van der Waals surface area contributed by atoms with Crippen molar-refractivity contribution in [2.75, 3.05) is 19.5 Å². The maximum absolute atomic E-state index is 5.69. The molecule has 0 aliphatic heterocycles. The van der Waals surface area contributed by atoms with Crippen molar-refractivity contribution in [3.8, 4) is 11.5 Å². The predicted octanol–water partition coefficient (Wildman–Crippen LogP) is 5.08. The summed E-state index contributed by atoms with van der Waals surface area (Å²) in [6.45, 7) is 0.615. The predicted molar refractivity (Wildman–Crippen MR) is 104 cm³/mol. The van der Waals surface area contributed by atoms with Crippen LogP contribution in [-0.2, 0) is 6.54 Å². The number of rotatable bonds is 5. The Hall–Kier alpha value is -2.79. The molecule has 1 N–H and O–H groups in total. The summed E-state index contributed by atoms with van der Waals surface area (Å²) in [5.74, 6) is 1.71. The molecule has 0 saturated heterocycles. The number of anilines is 1. The summed E-state index contributed by atoms with van der Waals surface area (Å²) in [4.78, 5) is 4.62. The smallest absolute Gasteiger partial charge is 0.184 e. The van der Waals surface area contributed by atoms with Gasteiger partial charge < -0.3 is 14.8 Å². The number of nitrogens with one attached hydrogen (secondary N) is 1. The Labute approximate surface area is 150 Å². The summed E-state index contributed by atoms with van der Waals surface area (Å²) in [7, 11) is 3.40. The Bertz CT molecular complexity index is 1010. The van der Waals surface area contributed by atoms with E-state index in [9.17, 15) is 0 Å². The molecule has 5 heteroatoms. The molecule has 126 valence electrons. The van der Waals surface area contributed by atoms with Crippen LogP contribution in [0.2, 0.25) is 0 Å². The third kappa shape index (κ3) is 2.87. The van der Waals surface area contributed by atoms with Crippen molar-refractivity contribution in [3.05, 3.63) is 60.2 Å². The van der Waals surface area contributed by atoms with Crippen LogP contribution in [0, 0.1) is 0 Å². The fourth-order valence-corrected chi connectivity index (χ4v) is 3.89. The van der Waals surface area contributed by atoms with Crippen LogP contribution in [0.1, 0.15) is 5.56 Å². The number of benzene rings is 3. The topological polar surface area (TPSA) is 43.4 Å². The number of nitrogens with zero attached hydrogens (tertiary/aromatic N) is 1. The normalized spacial score (nSPS) is 11.0. The lowest BCUT2D eigenvalue weighted by atomic mass is 10.0. The van der Waals surface area contributed by atoms with Crippen molar-refractivity contribution < 1.29 is 9.47 Å². The highest BCUT2D eigenvalue weighted by Crippen LogP contribution is 2.37. The Morgan fingerprint density at radius 2 is 1.72 bits per heavy atom. The Morgan fingerprint density at radius 1 is 0.960 bits per heavy atom. The number of thiazole rings is 1. The van der Waals surface area contributed by atoms with Gasteiger partial charge in [0.25, 0.3) is 0 Å². The number of aromatic nitrogens is 1. The van der Waals surface area contributed by atoms with Gasteiger partial charge in [0.15, 0.2) is 5.13 Å². The molecule has 4 nitrogen and oxygen atoms in total. The lowest BCUT2D eigenvalue weighted by Gasteiger charge is -2.15. The highest BCUT2D eigenvalue weighted by atomic mass is 32.1. The molecule has 0 bridgehead atoms. The van der Waals surface area contributed by atoms with Crippen LogP contribution in [0.5, 0.6) is 11.5 Å². The molecule has 0 saturated carbocycles. The standard InChI is InChI=1S/C20H18N2O2S/c1-23-17-11-13(19(24-2)15-8-4-3-7-14(15)17)12-21-20-22-16-9-5-6-10-18(16)25-20/h3-11H,12H2,1-2H3,(H,21,22). The second-order valence-corrected chi connectivity index (χ2v) is 6.69. The molecule has 1 heterocycles. The summed E-state index contributed by atoms with van der Waals surface area (Å²) in [6, 6.07) is 18.3. The second kappa shape index (κ2) is 6.61. The molecule has 0 atom stereocenters. The van der Waals surface area contributed by atoms with Crippen LogP contribution in [-0.4, -0.2) is 19.2 Å². The van der Waals surface area contributed by atoms with Crippen molar-refractivity contribution in [1.82, 2.24) is 4.98 Å². The van der Waals surface area contributed by atoms with Gasteiger partial charge in [-0.1, -0.05) is 47.7 Å². The first-order chi connectivity index (χ1) is 12.3. The third-order valence-corrected chi connectivity index (χ3v) is 5.18. The number of para-hydroxylation sites is 1. The van der Waals surface area contributed by atoms with E-state index in [1.165, 1.54) is 4.70 Å². The maximum atomic E-state index is 5.69. The molecular formula is C20H18N2O2S. The minimum absolute atomic E-state index is 0.615. The van der Waals surface area contributed by atoms with E-state index >= 15 is 0 Å². The number of hydrogen-bond acceptors (Lipinski definition) is 5. The molecule has 0 fully saturated rings. The molecule has 3 aromatic carbocycles.